The van der Waals surface area contributed by atoms with E-state index in [9.17, 15) is 18.0 Å². The first-order valence-electron chi connectivity index (χ1n) is 5.05. The molecule has 10 heteroatoms. The molecular weight excluding hydrogens is 255 g/mol. The van der Waals surface area contributed by atoms with E-state index in [1.165, 1.54) is 0 Å². The fourth-order valence-corrected chi connectivity index (χ4v) is 1.08. The van der Waals surface area contributed by atoms with Gasteiger partial charge in [-0.25, -0.2) is 0 Å². The molecule has 1 rings (SSSR count). The number of halogens is 3. The zero-order valence-electron chi connectivity index (χ0n) is 9.49. The number of H-pyrrole nitrogens is 1. The Balaban J connectivity index is 2.18. The maximum atomic E-state index is 11.7. The molecule has 0 saturated carbocycles. The zero-order valence-corrected chi connectivity index (χ0v) is 9.49. The number of carbonyl (C=O) groups is 1. The van der Waals surface area contributed by atoms with Crippen LogP contribution in [0.25, 0.3) is 0 Å². The molecule has 1 heterocycles. The maximum Gasteiger partial charge on any atom is 0.411 e. The Hall–Kier alpha value is -1.71. The van der Waals surface area contributed by atoms with Crippen LogP contribution >= 0.6 is 0 Å². The first kappa shape index (κ1) is 14.4. The third-order valence-corrected chi connectivity index (χ3v) is 1.87. The number of tetrazole rings is 1. The number of carbonyl (C=O) groups excluding carboxylic acids is 1. The number of amides is 1. The zero-order chi connectivity index (χ0) is 13.6. The van der Waals surface area contributed by atoms with Gasteiger partial charge in [-0.2, -0.15) is 18.4 Å². The van der Waals surface area contributed by atoms with Gasteiger partial charge in [-0.3, -0.25) is 4.79 Å². The molecule has 18 heavy (non-hydrogen) atoms. The number of nitrogens with one attached hydrogen (secondary N) is 2. The normalized spacial score (nSPS) is 13.3. The fourth-order valence-electron chi connectivity index (χ4n) is 1.08. The van der Waals surface area contributed by atoms with Crippen molar-refractivity contribution in [2.24, 2.45) is 0 Å². The Labute approximate surface area is 100 Å². The summed E-state index contributed by atoms with van der Waals surface area (Å²) < 4.78 is 39.5. The van der Waals surface area contributed by atoms with Crippen LogP contribution in [0, 0.1) is 0 Å². The molecule has 0 bridgehead atoms. The van der Waals surface area contributed by atoms with Crippen molar-refractivity contribution in [2.75, 3.05) is 13.2 Å². The lowest BCUT2D eigenvalue weighted by molar-refractivity contribution is -0.174. The Kier molecular flexibility index (Phi) is 5.01. The van der Waals surface area contributed by atoms with Crippen LogP contribution in [0.3, 0.4) is 0 Å². The Morgan fingerprint density at radius 1 is 1.56 bits per heavy atom. The minimum Gasteiger partial charge on any atom is -0.372 e. The fraction of sp³-hybridized carbons (Fsp3) is 0.750. The monoisotopic (exact) mass is 267 g/mol. The standard InChI is InChI=1S/C8H12F3N5O2/c1-5(7-13-15-16-14-7)12-6(17)2-3-18-4-8(9,10)11/h5H,2-4H2,1H3,(H,12,17)(H,13,14,15,16). The second-order valence-corrected chi connectivity index (χ2v) is 3.48. The summed E-state index contributed by atoms with van der Waals surface area (Å²) in [6.45, 7) is -0.0374. The van der Waals surface area contributed by atoms with Crippen LogP contribution < -0.4 is 5.32 Å². The number of hydrogen-bond acceptors (Lipinski definition) is 5. The molecule has 0 aliphatic rings. The number of rotatable bonds is 6. The van der Waals surface area contributed by atoms with E-state index in [4.69, 9.17) is 0 Å². The summed E-state index contributed by atoms with van der Waals surface area (Å²) in [6, 6.07) is -0.473. The lowest BCUT2D eigenvalue weighted by Crippen LogP contribution is -2.28. The van der Waals surface area contributed by atoms with Crippen LogP contribution in [-0.4, -0.2) is 45.9 Å². The summed E-state index contributed by atoms with van der Waals surface area (Å²) >= 11 is 0. The van der Waals surface area contributed by atoms with E-state index in [2.05, 4.69) is 30.7 Å². The highest BCUT2D eigenvalue weighted by atomic mass is 19.4. The first-order valence-corrected chi connectivity index (χ1v) is 5.05. The van der Waals surface area contributed by atoms with Crippen molar-refractivity contribution >= 4 is 5.91 Å². The molecule has 7 nitrogen and oxygen atoms in total. The van der Waals surface area contributed by atoms with Gasteiger partial charge in [0.2, 0.25) is 5.91 Å². The highest BCUT2D eigenvalue weighted by molar-refractivity contribution is 5.76. The number of nitrogens with zero attached hydrogens (tertiary/aromatic N) is 3. The number of alkyl halides is 3. The molecule has 102 valence electrons. The van der Waals surface area contributed by atoms with Gasteiger partial charge in [0, 0.05) is 6.42 Å². The molecule has 1 aromatic heterocycles. The van der Waals surface area contributed by atoms with Gasteiger partial charge in [0.25, 0.3) is 0 Å². The van der Waals surface area contributed by atoms with E-state index in [-0.39, 0.29) is 13.0 Å². The smallest absolute Gasteiger partial charge is 0.372 e. The predicted octanol–water partition coefficient (Wildman–Crippen LogP) is 0.346. The van der Waals surface area contributed by atoms with Crippen molar-refractivity contribution in [3.63, 3.8) is 0 Å². The quantitative estimate of drug-likeness (QED) is 0.725. The Bertz CT molecular complexity index is 367. The first-order chi connectivity index (χ1) is 8.38. The summed E-state index contributed by atoms with van der Waals surface area (Å²) in [7, 11) is 0. The second-order valence-electron chi connectivity index (χ2n) is 3.48. The summed E-state index contributed by atoms with van der Waals surface area (Å²) in [4.78, 5) is 11.3. The van der Waals surface area contributed by atoms with E-state index in [1.54, 1.807) is 6.92 Å². The van der Waals surface area contributed by atoms with Gasteiger partial charge in [0.05, 0.1) is 12.6 Å². The molecule has 1 unspecified atom stereocenters. The van der Waals surface area contributed by atoms with Crippen molar-refractivity contribution in [1.29, 1.82) is 0 Å². The molecule has 2 N–H and O–H groups in total. The van der Waals surface area contributed by atoms with Crippen LogP contribution in [0.5, 0.6) is 0 Å². The van der Waals surface area contributed by atoms with Crippen molar-refractivity contribution in [2.45, 2.75) is 25.6 Å². The molecule has 1 amide bonds. The van der Waals surface area contributed by atoms with Gasteiger partial charge in [-0.1, -0.05) is 5.21 Å². The SMILES string of the molecule is CC(NC(=O)CCOCC(F)(F)F)c1nn[nH]n1. The van der Waals surface area contributed by atoms with Crippen molar-refractivity contribution in [3.05, 3.63) is 5.82 Å². The van der Waals surface area contributed by atoms with Gasteiger partial charge in [0.15, 0.2) is 5.82 Å². The second kappa shape index (κ2) is 6.28. The van der Waals surface area contributed by atoms with E-state index >= 15 is 0 Å². The Morgan fingerprint density at radius 3 is 2.83 bits per heavy atom. The summed E-state index contributed by atoms with van der Waals surface area (Å²) in [5.74, 6) is -0.158. The summed E-state index contributed by atoms with van der Waals surface area (Å²) in [5.41, 5.74) is 0. The average molecular weight is 267 g/mol. The molecule has 0 spiro atoms. The summed E-state index contributed by atoms with van der Waals surface area (Å²) in [5, 5.41) is 15.3. The highest BCUT2D eigenvalue weighted by Gasteiger charge is 2.27. The largest absolute Gasteiger partial charge is 0.411 e. The van der Waals surface area contributed by atoms with Crippen LogP contribution in [0.4, 0.5) is 13.2 Å². The van der Waals surface area contributed by atoms with E-state index < -0.39 is 24.7 Å². The highest BCUT2D eigenvalue weighted by Crippen LogP contribution is 2.14. The van der Waals surface area contributed by atoms with Crippen LogP contribution in [0.1, 0.15) is 25.2 Å². The van der Waals surface area contributed by atoms with Gasteiger partial charge in [-0.05, 0) is 6.92 Å². The summed E-state index contributed by atoms with van der Waals surface area (Å²) in [6.07, 6.45) is -4.55. The van der Waals surface area contributed by atoms with Crippen molar-refractivity contribution < 1.29 is 22.7 Å². The van der Waals surface area contributed by atoms with Crippen molar-refractivity contribution in [1.82, 2.24) is 25.9 Å². The van der Waals surface area contributed by atoms with E-state index in [1.807, 2.05) is 0 Å². The predicted molar refractivity (Wildman–Crippen MR) is 52.2 cm³/mol. The maximum absolute atomic E-state index is 11.7. The molecule has 0 saturated heterocycles. The van der Waals surface area contributed by atoms with Gasteiger partial charge >= 0.3 is 6.18 Å². The van der Waals surface area contributed by atoms with Crippen molar-refractivity contribution in [3.8, 4) is 0 Å². The van der Waals surface area contributed by atoms with Gasteiger partial charge in [0.1, 0.15) is 6.61 Å². The minimum absolute atomic E-state index is 0.168. The molecule has 1 atom stereocenters. The Morgan fingerprint density at radius 2 is 2.28 bits per heavy atom. The molecule has 0 aliphatic carbocycles. The molecule has 0 aromatic carbocycles. The average Bonchev–Trinajstić information content (AvgIpc) is 2.76. The molecule has 1 aromatic rings. The van der Waals surface area contributed by atoms with Crippen LogP contribution in [0.15, 0.2) is 0 Å². The lowest BCUT2D eigenvalue weighted by atomic mass is 10.3. The third kappa shape index (κ3) is 5.57. The molecule has 0 fully saturated rings. The number of aromatic amines is 1. The molecule has 0 aliphatic heterocycles. The number of ether oxygens (including phenoxy) is 1. The van der Waals surface area contributed by atoms with E-state index in [0.29, 0.717) is 5.82 Å². The third-order valence-electron chi connectivity index (χ3n) is 1.87. The van der Waals surface area contributed by atoms with Crippen LogP contribution in [0.2, 0.25) is 0 Å². The molecular formula is C8H12F3N5O2. The lowest BCUT2D eigenvalue weighted by Gasteiger charge is -2.10. The van der Waals surface area contributed by atoms with Gasteiger partial charge < -0.3 is 10.1 Å². The minimum atomic E-state index is -4.38. The molecule has 0 radical (unpaired) electrons. The number of aromatic nitrogens is 4. The van der Waals surface area contributed by atoms with E-state index in [0.717, 1.165) is 0 Å². The van der Waals surface area contributed by atoms with Gasteiger partial charge in [-0.15, -0.1) is 10.2 Å². The topological polar surface area (TPSA) is 92.8 Å². The van der Waals surface area contributed by atoms with Crippen LogP contribution in [-0.2, 0) is 9.53 Å². The number of hydrogen-bond donors (Lipinski definition) is 2.